The van der Waals surface area contributed by atoms with Gasteiger partial charge in [0.05, 0.1) is 0 Å². The average Bonchev–Trinajstić information content (AvgIpc) is 2.62. The first kappa shape index (κ1) is 17.4. The zero-order chi connectivity index (χ0) is 17.2. The largest absolute Gasteiger partial charge is 0.340 e. The predicted octanol–water partition coefficient (Wildman–Crippen LogP) is 2.24. The van der Waals surface area contributed by atoms with Crippen molar-refractivity contribution in [1.82, 2.24) is 9.21 Å². The van der Waals surface area contributed by atoms with Crippen molar-refractivity contribution in [3.05, 3.63) is 30.1 Å². The third-order valence-electron chi connectivity index (χ3n) is 4.96. The molecule has 1 aliphatic heterocycles. The van der Waals surface area contributed by atoms with Crippen molar-refractivity contribution in [2.45, 2.75) is 37.0 Å². The zero-order valence-corrected chi connectivity index (χ0v) is 14.5. The molecule has 0 bridgehead atoms. The molecule has 0 spiro atoms. The molecular weight excluding hydrogens is 331 g/mol. The predicted molar refractivity (Wildman–Crippen MR) is 88.3 cm³/mol. The van der Waals surface area contributed by atoms with Crippen LogP contribution in [0.5, 0.6) is 0 Å². The van der Waals surface area contributed by atoms with Crippen LogP contribution in [-0.2, 0) is 14.8 Å². The number of amides is 1. The number of sulfonamides is 1. The molecule has 1 aromatic rings. The molecule has 1 saturated heterocycles. The minimum absolute atomic E-state index is 0.0912. The summed E-state index contributed by atoms with van der Waals surface area (Å²) in [6, 6.07) is 5.41. The number of hydrogen-bond donors (Lipinski definition) is 0. The second kappa shape index (κ2) is 7.19. The lowest BCUT2D eigenvalue weighted by molar-refractivity contribution is -0.137. The molecule has 132 valence electrons. The molecule has 24 heavy (non-hydrogen) atoms. The van der Waals surface area contributed by atoms with Crippen molar-refractivity contribution >= 4 is 15.9 Å². The normalized spacial score (nSPS) is 21.0. The molecule has 2 aliphatic rings. The Morgan fingerprint density at radius 1 is 1.00 bits per heavy atom. The van der Waals surface area contributed by atoms with Crippen LogP contribution >= 0.6 is 0 Å². The lowest BCUT2D eigenvalue weighted by atomic mass is 9.88. The second-order valence-electron chi connectivity index (χ2n) is 6.49. The molecule has 0 atom stereocenters. The van der Waals surface area contributed by atoms with Gasteiger partial charge in [0, 0.05) is 32.1 Å². The number of benzene rings is 1. The number of halogens is 1. The van der Waals surface area contributed by atoms with Gasteiger partial charge in [-0.1, -0.05) is 31.4 Å². The van der Waals surface area contributed by atoms with Crippen molar-refractivity contribution in [3.63, 3.8) is 0 Å². The molecule has 0 radical (unpaired) electrons. The van der Waals surface area contributed by atoms with Crippen molar-refractivity contribution in [1.29, 1.82) is 0 Å². The van der Waals surface area contributed by atoms with E-state index in [4.69, 9.17) is 0 Å². The molecule has 0 N–H and O–H groups in total. The summed E-state index contributed by atoms with van der Waals surface area (Å²) in [5, 5.41) is 0. The quantitative estimate of drug-likeness (QED) is 0.836. The first-order valence-corrected chi connectivity index (χ1v) is 9.97. The van der Waals surface area contributed by atoms with Crippen LogP contribution in [0.4, 0.5) is 4.39 Å². The summed E-state index contributed by atoms with van der Waals surface area (Å²) in [7, 11) is -3.85. The van der Waals surface area contributed by atoms with Crippen LogP contribution in [0.1, 0.15) is 32.1 Å². The van der Waals surface area contributed by atoms with E-state index in [1.165, 1.54) is 28.9 Å². The molecule has 1 aliphatic carbocycles. The highest BCUT2D eigenvalue weighted by Gasteiger charge is 2.33. The van der Waals surface area contributed by atoms with E-state index < -0.39 is 15.8 Å². The number of rotatable bonds is 3. The Morgan fingerprint density at radius 2 is 1.62 bits per heavy atom. The van der Waals surface area contributed by atoms with Gasteiger partial charge in [-0.15, -0.1) is 0 Å². The molecular formula is C17H23FN2O3S. The molecule has 3 rings (SSSR count). The van der Waals surface area contributed by atoms with E-state index in [0.717, 1.165) is 31.7 Å². The Kier molecular flexibility index (Phi) is 5.20. The number of carbonyl (C=O) groups is 1. The van der Waals surface area contributed by atoms with Crippen LogP contribution in [-0.4, -0.2) is 49.7 Å². The zero-order valence-electron chi connectivity index (χ0n) is 13.7. The Morgan fingerprint density at radius 3 is 2.25 bits per heavy atom. The average molecular weight is 354 g/mol. The van der Waals surface area contributed by atoms with Gasteiger partial charge >= 0.3 is 0 Å². The number of nitrogens with zero attached hydrogens (tertiary/aromatic N) is 2. The van der Waals surface area contributed by atoms with Gasteiger partial charge in [-0.3, -0.25) is 4.79 Å². The molecule has 5 nitrogen and oxygen atoms in total. The fourth-order valence-corrected chi connectivity index (χ4v) is 5.04. The molecule has 0 unspecified atom stereocenters. The van der Waals surface area contributed by atoms with E-state index >= 15 is 0 Å². The van der Waals surface area contributed by atoms with Crippen LogP contribution in [0.15, 0.2) is 29.2 Å². The third-order valence-corrected chi connectivity index (χ3v) is 6.89. The summed E-state index contributed by atoms with van der Waals surface area (Å²) >= 11 is 0. The van der Waals surface area contributed by atoms with Gasteiger partial charge in [-0.2, -0.15) is 4.31 Å². The lowest BCUT2D eigenvalue weighted by Crippen LogP contribution is -2.52. The van der Waals surface area contributed by atoms with Crippen LogP contribution in [0.3, 0.4) is 0 Å². The van der Waals surface area contributed by atoms with Crippen molar-refractivity contribution in [2.75, 3.05) is 26.2 Å². The smallest absolute Gasteiger partial charge is 0.246 e. The Hall–Kier alpha value is -1.47. The minimum atomic E-state index is -3.85. The summed E-state index contributed by atoms with van der Waals surface area (Å²) in [6.07, 6.45) is 5.26. The highest BCUT2D eigenvalue weighted by Crippen LogP contribution is 2.26. The third kappa shape index (κ3) is 3.47. The van der Waals surface area contributed by atoms with E-state index in [1.54, 1.807) is 4.90 Å². The fraction of sp³-hybridized carbons (Fsp3) is 0.588. The van der Waals surface area contributed by atoms with Crippen molar-refractivity contribution in [3.8, 4) is 0 Å². The van der Waals surface area contributed by atoms with Gasteiger partial charge in [0.1, 0.15) is 10.7 Å². The van der Waals surface area contributed by atoms with Gasteiger partial charge < -0.3 is 4.90 Å². The van der Waals surface area contributed by atoms with Gasteiger partial charge in [-0.25, -0.2) is 12.8 Å². The van der Waals surface area contributed by atoms with E-state index in [-0.39, 0.29) is 29.8 Å². The highest BCUT2D eigenvalue weighted by molar-refractivity contribution is 7.89. The van der Waals surface area contributed by atoms with Gasteiger partial charge in [-0.05, 0) is 25.0 Å². The summed E-state index contributed by atoms with van der Waals surface area (Å²) in [5.41, 5.74) is 0. The second-order valence-corrected chi connectivity index (χ2v) is 8.40. The maximum Gasteiger partial charge on any atom is 0.246 e. The van der Waals surface area contributed by atoms with Crippen LogP contribution in [0.2, 0.25) is 0 Å². The molecule has 7 heteroatoms. The number of carbonyl (C=O) groups excluding carboxylic acids is 1. The highest BCUT2D eigenvalue weighted by atomic mass is 32.2. The maximum absolute atomic E-state index is 13.8. The Bertz CT molecular complexity index is 694. The summed E-state index contributed by atoms with van der Waals surface area (Å²) < 4.78 is 40.2. The Balaban J connectivity index is 1.64. The molecule has 1 amide bonds. The van der Waals surface area contributed by atoms with Gasteiger partial charge in [0.15, 0.2) is 0 Å². The number of hydrogen-bond acceptors (Lipinski definition) is 3. The van der Waals surface area contributed by atoms with Crippen LogP contribution < -0.4 is 0 Å². The van der Waals surface area contributed by atoms with E-state index in [1.807, 2.05) is 0 Å². The van der Waals surface area contributed by atoms with Crippen LogP contribution in [0.25, 0.3) is 0 Å². The van der Waals surface area contributed by atoms with Crippen molar-refractivity contribution in [2.24, 2.45) is 5.92 Å². The molecule has 2 fully saturated rings. The van der Waals surface area contributed by atoms with E-state index in [0.29, 0.717) is 13.1 Å². The van der Waals surface area contributed by atoms with E-state index in [2.05, 4.69) is 0 Å². The monoisotopic (exact) mass is 354 g/mol. The fourth-order valence-electron chi connectivity index (χ4n) is 3.55. The minimum Gasteiger partial charge on any atom is -0.340 e. The molecule has 1 saturated carbocycles. The molecule has 1 aromatic carbocycles. The topological polar surface area (TPSA) is 57.7 Å². The first-order valence-electron chi connectivity index (χ1n) is 8.53. The number of piperazine rings is 1. The molecule has 1 heterocycles. The summed E-state index contributed by atoms with van der Waals surface area (Å²) in [4.78, 5) is 14.0. The Labute approximate surface area is 142 Å². The standard InChI is InChI=1S/C17H23FN2O3S/c18-15-8-4-5-9-16(15)24(22,23)20-12-10-19(11-13-20)17(21)14-6-2-1-3-7-14/h4-5,8-9,14H,1-3,6-7,10-13H2. The summed E-state index contributed by atoms with van der Waals surface area (Å²) in [6.45, 7) is 1.19. The lowest BCUT2D eigenvalue weighted by Gasteiger charge is -2.36. The van der Waals surface area contributed by atoms with E-state index in [9.17, 15) is 17.6 Å². The maximum atomic E-state index is 13.8. The van der Waals surface area contributed by atoms with Crippen LogP contribution in [0, 0.1) is 11.7 Å². The van der Waals surface area contributed by atoms with Gasteiger partial charge in [0.2, 0.25) is 15.9 Å². The SMILES string of the molecule is O=C(C1CCCCC1)N1CCN(S(=O)(=O)c2ccccc2F)CC1. The first-order chi connectivity index (χ1) is 11.5. The molecule has 0 aromatic heterocycles. The van der Waals surface area contributed by atoms with Crippen molar-refractivity contribution < 1.29 is 17.6 Å². The summed E-state index contributed by atoms with van der Waals surface area (Å²) in [5.74, 6) is -0.496. The van der Waals surface area contributed by atoms with Gasteiger partial charge in [0.25, 0.3) is 0 Å².